The highest BCUT2D eigenvalue weighted by atomic mass is 79.9. The predicted molar refractivity (Wildman–Crippen MR) is 82.5 cm³/mol. The monoisotopic (exact) mass is 323 g/mol. The van der Waals surface area contributed by atoms with Crippen molar-refractivity contribution in [2.75, 3.05) is 19.6 Å². The molecule has 0 unspecified atom stereocenters. The number of hydrogen-bond donors (Lipinski definition) is 0. The summed E-state index contributed by atoms with van der Waals surface area (Å²) in [5, 5.41) is 0. The van der Waals surface area contributed by atoms with Crippen molar-refractivity contribution in [1.29, 1.82) is 0 Å². The van der Waals surface area contributed by atoms with E-state index in [1.807, 2.05) is 24.3 Å². The Labute approximate surface area is 124 Å². The molecule has 1 aromatic rings. The van der Waals surface area contributed by atoms with Crippen LogP contribution in [0.5, 0.6) is 0 Å². The zero-order valence-corrected chi connectivity index (χ0v) is 13.2. The Morgan fingerprint density at radius 1 is 1.26 bits per heavy atom. The van der Waals surface area contributed by atoms with Crippen LogP contribution in [0.3, 0.4) is 0 Å². The first-order valence-corrected chi connectivity index (χ1v) is 7.99. The van der Waals surface area contributed by atoms with Gasteiger partial charge in [0, 0.05) is 29.5 Å². The zero-order chi connectivity index (χ0) is 13.7. The number of carbonyl (C=O) groups is 1. The molecule has 0 N–H and O–H groups in total. The summed E-state index contributed by atoms with van der Waals surface area (Å²) in [7, 11) is 0. The van der Waals surface area contributed by atoms with Crippen LogP contribution in [0.4, 0.5) is 0 Å². The van der Waals surface area contributed by atoms with E-state index in [1.54, 1.807) is 0 Å². The Balaban J connectivity index is 1.81. The fourth-order valence-corrected chi connectivity index (χ4v) is 2.58. The second-order valence-corrected chi connectivity index (χ2v) is 6.34. The van der Waals surface area contributed by atoms with Crippen LogP contribution in [0.1, 0.15) is 43.0 Å². The third-order valence-electron chi connectivity index (χ3n) is 3.57. The highest BCUT2D eigenvalue weighted by Crippen LogP contribution is 2.29. The number of carbonyl (C=O) groups excluding carboxylic acids is 1. The minimum absolute atomic E-state index is 0.254. The molecule has 0 aromatic heterocycles. The van der Waals surface area contributed by atoms with Gasteiger partial charge in [-0.15, -0.1) is 0 Å². The smallest absolute Gasteiger partial charge is 0.164 e. The third kappa shape index (κ3) is 5.07. The van der Waals surface area contributed by atoms with Crippen LogP contribution >= 0.6 is 15.9 Å². The van der Waals surface area contributed by atoms with Gasteiger partial charge in [0.15, 0.2) is 5.78 Å². The second kappa shape index (κ2) is 7.20. The lowest BCUT2D eigenvalue weighted by atomic mass is 10.1. The summed E-state index contributed by atoms with van der Waals surface area (Å²) in [6, 6.07) is 7.66. The van der Waals surface area contributed by atoms with E-state index in [-0.39, 0.29) is 5.78 Å². The molecule has 0 radical (unpaired) electrons. The maximum Gasteiger partial charge on any atom is 0.164 e. The van der Waals surface area contributed by atoms with Gasteiger partial charge in [0.25, 0.3) is 0 Å². The molecule has 3 heteroatoms. The molecule has 1 fully saturated rings. The molecule has 1 aliphatic rings. The molecule has 0 bridgehead atoms. The fourth-order valence-electron chi connectivity index (χ4n) is 2.32. The van der Waals surface area contributed by atoms with E-state index >= 15 is 0 Å². The van der Waals surface area contributed by atoms with Crippen LogP contribution in [0.15, 0.2) is 28.7 Å². The molecule has 0 spiro atoms. The maximum absolute atomic E-state index is 12.1. The van der Waals surface area contributed by atoms with Crippen LogP contribution in [0.2, 0.25) is 0 Å². The molecule has 0 saturated heterocycles. The number of rotatable bonds is 8. The minimum atomic E-state index is 0.254. The first-order valence-electron chi connectivity index (χ1n) is 7.20. The van der Waals surface area contributed by atoms with Crippen molar-refractivity contribution in [3.8, 4) is 0 Å². The summed E-state index contributed by atoms with van der Waals surface area (Å²) in [6.45, 7) is 5.40. The molecule has 0 heterocycles. The highest BCUT2D eigenvalue weighted by molar-refractivity contribution is 9.10. The largest absolute Gasteiger partial charge is 0.303 e. The van der Waals surface area contributed by atoms with Crippen LogP contribution in [0, 0.1) is 5.92 Å². The molecule has 0 aliphatic heterocycles. The molecule has 2 nitrogen and oxygen atoms in total. The number of ketones is 1. The maximum atomic E-state index is 12.1. The van der Waals surface area contributed by atoms with E-state index in [0.717, 1.165) is 29.0 Å². The average Bonchev–Trinajstić information content (AvgIpc) is 3.21. The van der Waals surface area contributed by atoms with Gasteiger partial charge in [0.2, 0.25) is 0 Å². The summed E-state index contributed by atoms with van der Waals surface area (Å²) < 4.78 is 1.02. The molecule has 0 amide bonds. The quantitative estimate of drug-likeness (QED) is 0.670. The van der Waals surface area contributed by atoms with Crippen molar-refractivity contribution in [2.24, 2.45) is 5.92 Å². The number of Topliss-reactive ketones (excluding diaryl/α,β-unsaturated/α-hetero) is 1. The van der Waals surface area contributed by atoms with Crippen molar-refractivity contribution in [3.05, 3.63) is 34.3 Å². The molecule has 2 rings (SSSR count). The lowest BCUT2D eigenvalue weighted by Crippen LogP contribution is -2.29. The van der Waals surface area contributed by atoms with E-state index in [0.29, 0.717) is 6.42 Å². The summed E-state index contributed by atoms with van der Waals surface area (Å²) in [6.07, 6.45) is 4.55. The van der Waals surface area contributed by atoms with E-state index in [4.69, 9.17) is 0 Å². The van der Waals surface area contributed by atoms with Gasteiger partial charge in [-0.2, -0.15) is 0 Å². The molecule has 1 aliphatic carbocycles. The lowest BCUT2D eigenvalue weighted by Gasteiger charge is -2.21. The Morgan fingerprint density at radius 2 is 1.95 bits per heavy atom. The number of halogens is 1. The van der Waals surface area contributed by atoms with E-state index in [1.165, 1.54) is 25.8 Å². The SMILES string of the molecule is CCCN(CCC(=O)c1ccc(Br)cc1)CC1CC1. The molecular weight excluding hydrogens is 302 g/mol. The standard InChI is InChI=1S/C16H22BrNO/c1-2-10-18(12-13-3-4-13)11-9-16(19)14-5-7-15(17)8-6-14/h5-8,13H,2-4,9-12H2,1H3. The van der Waals surface area contributed by atoms with Gasteiger partial charge in [-0.05, 0) is 43.9 Å². The molecule has 0 atom stereocenters. The van der Waals surface area contributed by atoms with Crippen LogP contribution in [-0.4, -0.2) is 30.3 Å². The van der Waals surface area contributed by atoms with Crippen LogP contribution in [-0.2, 0) is 0 Å². The van der Waals surface area contributed by atoms with Crippen LogP contribution < -0.4 is 0 Å². The Kier molecular flexibility index (Phi) is 5.59. The number of nitrogens with zero attached hydrogens (tertiary/aromatic N) is 1. The zero-order valence-electron chi connectivity index (χ0n) is 11.6. The van der Waals surface area contributed by atoms with Crippen molar-refractivity contribution >= 4 is 21.7 Å². The fraction of sp³-hybridized carbons (Fsp3) is 0.562. The predicted octanol–water partition coefficient (Wildman–Crippen LogP) is 4.14. The molecule has 104 valence electrons. The first-order chi connectivity index (χ1) is 9.19. The molecule has 1 saturated carbocycles. The Bertz CT molecular complexity index is 411. The van der Waals surface area contributed by atoms with Crippen molar-refractivity contribution in [1.82, 2.24) is 4.90 Å². The molecule has 1 aromatic carbocycles. The lowest BCUT2D eigenvalue weighted by molar-refractivity contribution is 0.0962. The highest BCUT2D eigenvalue weighted by Gasteiger charge is 2.24. The van der Waals surface area contributed by atoms with Gasteiger partial charge in [0.05, 0.1) is 0 Å². The van der Waals surface area contributed by atoms with E-state index in [2.05, 4.69) is 27.8 Å². The molecule has 19 heavy (non-hydrogen) atoms. The Hall–Kier alpha value is -0.670. The van der Waals surface area contributed by atoms with Gasteiger partial charge >= 0.3 is 0 Å². The van der Waals surface area contributed by atoms with E-state index in [9.17, 15) is 4.79 Å². The summed E-state index contributed by atoms with van der Waals surface area (Å²) in [5.41, 5.74) is 0.825. The topological polar surface area (TPSA) is 20.3 Å². The second-order valence-electron chi connectivity index (χ2n) is 5.42. The van der Waals surface area contributed by atoms with Gasteiger partial charge in [0.1, 0.15) is 0 Å². The number of hydrogen-bond acceptors (Lipinski definition) is 2. The first kappa shape index (κ1) is 14.7. The Morgan fingerprint density at radius 3 is 2.53 bits per heavy atom. The van der Waals surface area contributed by atoms with Gasteiger partial charge in [-0.25, -0.2) is 0 Å². The number of benzene rings is 1. The summed E-state index contributed by atoms with van der Waals surface area (Å²) in [5.74, 6) is 1.15. The normalized spacial score (nSPS) is 14.9. The van der Waals surface area contributed by atoms with Crippen molar-refractivity contribution < 1.29 is 4.79 Å². The van der Waals surface area contributed by atoms with Crippen LogP contribution in [0.25, 0.3) is 0 Å². The third-order valence-corrected chi connectivity index (χ3v) is 4.10. The van der Waals surface area contributed by atoms with Crippen molar-refractivity contribution in [2.45, 2.75) is 32.6 Å². The van der Waals surface area contributed by atoms with Gasteiger partial charge in [-0.1, -0.05) is 35.0 Å². The van der Waals surface area contributed by atoms with E-state index < -0.39 is 0 Å². The molecular formula is C16H22BrNO. The summed E-state index contributed by atoms with van der Waals surface area (Å²) in [4.78, 5) is 14.6. The average molecular weight is 324 g/mol. The summed E-state index contributed by atoms with van der Waals surface area (Å²) >= 11 is 3.39. The van der Waals surface area contributed by atoms with Crippen molar-refractivity contribution in [3.63, 3.8) is 0 Å². The van der Waals surface area contributed by atoms with Gasteiger partial charge in [-0.3, -0.25) is 4.79 Å². The van der Waals surface area contributed by atoms with Gasteiger partial charge < -0.3 is 4.90 Å². The minimum Gasteiger partial charge on any atom is -0.303 e.